The summed E-state index contributed by atoms with van der Waals surface area (Å²) in [7, 11) is -9.73. The third-order valence-corrected chi connectivity index (χ3v) is 5.23. The zero-order valence-corrected chi connectivity index (χ0v) is 21.1. The van der Waals surface area contributed by atoms with Gasteiger partial charge in [-0.25, -0.2) is 0 Å². The first-order valence-electron chi connectivity index (χ1n) is 7.00. The largest absolute Gasteiger partial charge is 0.295 e. The second kappa shape index (κ2) is 10.9. The summed E-state index contributed by atoms with van der Waals surface area (Å²) in [5.41, 5.74) is -1.68. The molecule has 2 rings (SSSR count). The van der Waals surface area contributed by atoms with Gasteiger partial charge in [-0.2, -0.15) is 16.8 Å². The fourth-order valence-corrected chi connectivity index (χ4v) is 3.58. The van der Waals surface area contributed by atoms with E-state index in [2.05, 4.69) is 0 Å². The van der Waals surface area contributed by atoms with E-state index in [1.807, 2.05) is 0 Å². The molecule has 0 aliphatic heterocycles. The summed E-state index contributed by atoms with van der Waals surface area (Å²) >= 11 is 0. The number of rotatable bonds is 6. The van der Waals surface area contributed by atoms with Crippen LogP contribution in [0.3, 0.4) is 0 Å². The van der Waals surface area contributed by atoms with Crippen LogP contribution in [0.15, 0.2) is 46.2 Å². The van der Waals surface area contributed by atoms with E-state index < -0.39 is 51.2 Å². The second-order valence-electron chi connectivity index (χ2n) is 5.24. The molecule has 0 aliphatic rings. The summed E-state index contributed by atoms with van der Waals surface area (Å²) in [5, 5.41) is 21.5. The van der Waals surface area contributed by atoms with Crippen molar-refractivity contribution in [1.82, 2.24) is 0 Å². The molecule has 0 aliphatic carbocycles. The minimum absolute atomic E-state index is 0. The van der Waals surface area contributed by atoms with Gasteiger partial charge in [-0.15, -0.1) is 0 Å². The van der Waals surface area contributed by atoms with Gasteiger partial charge in [0.05, 0.1) is 9.85 Å². The molecule has 0 unspecified atom stereocenters. The van der Waals surface area contributed by atoms with Gasteiger partial charge in [0.2, 0.25) is 0 Å². The summed E-state index contributed by atoms with van der Waals surface area (Å²) in [6.45, 7) is 0. The molecule has 0 bridgehead atoms. The van der Waals surface area contributed by atoms with Crippen LogP contribution in [0.4, 0.5) is 11.4 Å². The van der Waals surface area contributed by atoms with Crippen LogP contribution >= 0.6 is 0 Å². The van der Waals surface area contributed by atoms with Crippen molar-refractivity contribution in [2.75, 3.05) is 0 Å². The standard InChI is InChI=1S/C14H10N2O10S2.2Na/c17-15(18)11-5-3-9(13(7-11)27(21,22)23)1-2-10-4-6-12(16(19)20)8-14(10)28(24,25)26;;/h1-8H,(H,21,22,23)(H,24,25,26);;. The quantitative estimate of drug-likeness (QED) is 0.202. The van der Waals surface area contributed by atoms with Crippen molar-refractivity contribution in [3.8, 4) is 0 Å². The van der Waals surface area contributed by atoms with E-state index in [0.29, 0.717) is 12.1 Å². The number of benzene rings is 2. The van der Waals surface area contributed by atoms with Crippen molar-refractivity contribution in [3.63, 3.8) is 0 Å². The third kappa shape index (κ3) is 7.19. The Morgan fingerprint density at radius 3 is 1.23 bits per heavy atom. The van der Waals surface area contributed by atoms with Crippen LogP contribution < -0.4 is 0 Å². The van der Waals surface area contributed by atoms with Crippen LogP contribution in [0.1, 0.15) is 11.1 Å². The average Bonchev–Trinajstić information content (AvgIpc) is 2.57. The normalized spacial score (nSPS) is 11.4. The van der Waals surface area contributed by atoms with E-state index >= 15 is 0 Å². The minimum atomic E-state index is -4.86. The number of non-ortho nitro benzene ring substituents is 2. The number of hydrogen-bond acceptors (Lipinski definition) is 8. The average molecular weight is 476 g/mol. The third-order valence-electron chi connectivity index (χ3n) is 3.41. The van der Waals surface area contributed by atoms with Crippen LogP contribution in [0.2, 0.25) is 0 Å². The molecule has 150 valence electrons. The molecule has 12 nitrogen and oxygen atoms in total. The fraction of sp³-hybridized carbons (Fsp3) is 0. The van der Waals surface area contributed by atoms with Gasteiger partial charge in [-0.05, 0) is 23.3 Å². The molecule has 0 aromatic heterocycles. The van der Waals surface area contributed by atoms with Crippen molar-refractivity contribution in [2.45, 2.75) is 9.79 Å². The molecule has 0 saturated heterocycles. The van der Waals surface area contributed by atoms with Crippen LogP contribution in [0, 0.1) is 20.2 Å². The van der Waals surface area contributed by atoms with Gasteiger partial charge in [0.15, 0.2) is 0 Å². The van der Waals surface area contributed by atoms with Crippen LogP contribution in [0.5, 0.6) is 0 Å². The molecule has 2 aromatic carbocycles. The Hall–Kier alpha value is -1.20. The Labute approximate surface area is 214 Å². The Balaban J connectivity index is 0.00000420. The molecule has 2 aromatic rings. The smallest absolute Gasteiger partial charge is 0.282 e. The SMILES string of the molecule is O=[N+]([O-])c1ccc(C=Cc2ccc([N+](=O)[O-])cc2S(=O)(=O)O)c(S(=O)(=O)O)c1.[Na].[Na]. The van der Waals surface area contributed by atoms with Gasteiger partial charge in [-0.3, -0.25) is 29.3 Å². The number of nitro groups is 2. The molecule has 0 fully saturated rings. The van der Waals surface area contributed by atoms with Gasteiger partial charge in [0.25, 0.3) is 31.6 Å². The Bertz CT molecular complexity index is 1130. The maximum atomic E-state index is 11.5. The maximum Gasteiger partial charge on any atom is 0.295 e. The molecule has 0 heterocycles. The zero-order chi connectivity index (χ0) is 21.3. The van der Waals surface area contributed by atoms with Gasteiger partial charge in [0.1, 0.15) is 9.79 Å². The molecular weight excluding hydrogens is 466 g/mol. The Morgan fingerprint density at radius 2 is 1.00 bits per heavy atom. The summed E-state index contributed by atoms with van der Waals surface area (Å²) < 4.78 is 64.4. The van der Waals surface area contributed by atoms with Crippen molar-refractivity contribution < 1.29 is 35.8 Å². The van der Waals surface area contributed by atoms with Gasteiger partial charge < -0.3 is 0 Å². The molecule has 16 heteroatoms. The summed E-state index contributed by atoms with van der Waals surface area (Å²) in [6, 6.07) is 5.11. The number of nitro benzene ring substituents is 2. The molecule has 2 N–H and O–H groups in total. The van der Waals surface area contributed by atoms with Gasteiger partial charge in [-0.1, -0.05) is 12.2 Å². The minimum Gasteiger partial charge on any atom is -0.282 e. The van der Waals surface area contributed by atoms with Gasteiger partial charge in [0, 0.05) is 83.4 Å². The summed E-state index contributed by atoms with van der Waals surface area (Å²) in [4.78, 5) is 18.2. The second-order valence-corrected chi connectivity index (χ2v) is 8.02. The van der Waals surface area contributed by atoms with Crippen LogP contribution in [-0.2, 0) is 20.2 Å². The van der Waals surface area contributed by atoms with E-state index in [4.69, 9.17) is 0 Å². The molecule has 0 atom stereocenters. The molecule has 2 radical (unpaired) electrons. The topological polar surface area (TPSA) is 195 Å². The van der Waals surface area contributed by atoms with E-state index in [9.17, 15) is 46.2 Å². The molecule has 30 heavy (non-hydrogen) atoms. The predicted octanol–water partition coefficient (Wildman–Crippen LogP) is 1.41. The van der Waals surface area contributed by atoms with Crippen LogP contribution in [0.25, 0.3) is 12.2 Å². The molecule has 0 spiro atoms. The summed E-state index contributed by atoms with van der Waals surface area (Å²) in [6.07, 6.45) is 2.01. The first-order valence-corrected chi connectivity index (χ1v) is 9.88. The van der Waals surface area contributed by atoms with Gasteiger partial charge >= 0.3 is 0 Å². The monoisotopic (exact) mass is 476 g/mol. The molecule has 0 saturated carbocycles. The summed E-state index contributed by atoms with van der Waals surface area (Å²) in [5.74, 6) is 0. The predicted molar refractivity (Wildman–Crippen MR) is 106 cm³/mol. The van der Waals surface area contributed by atoms with Crippen molar-refractivity contribution >= 4 is 103 Å². The molecule has 0 amide bonds. The van der Waals surface area contributed by atoms with E-state index in [1.54, 1.807) is 0 Å². The zero-order valence-electron chi connectivity index (χ0n) is 15.5. The van der Waals surface area contributed by atoms with E-state index in [0.717, 1.165) is 36.4 Å². The van der Waals surface area contributed by atoms with E-state index in [1.165, 1.54) is 0 Å². The first kappa shape index (κ1) is 28.8. The molecular formula is C14H10N2Na2O10S2. The van der Waals surface area contributed by atoms with Crippen molar-refractivity contribution in [1.29, 1.82) is 0 Å². The Kier molecular flexibility index (Phi) is 10.5. The number of nitrogens with zero attached hydrogens (tertiary/aromatic N) is 2. The van der Waals surface area contributed by atoms with Crippen LogP contribution in [-0.4, -0.2) is 94.9 Å². The Morgan fingerprint density at radius 1 is 0.700 bits per heavy atom. The van der Waals surface area contributed by atoms with E-state index in [-0.39, 0.29) is 70.2 Å². The maximum absolute atomic E-state index is 11.5. The van der Waals surface area contributed by atoms with Crippen molar-refractivity contribution in [2.24, 2.45) is 0 Å². The van der Waals surface area contributed by atoms with Crippen molar-refractivity contribution in [3.05, 3.63) is 67.8 Å². The first-order chi connectivity index (χ1) is 12.8. The fourth-order valence-electron chi connectivity index (χ4n) is 2.17. The number of hydrogen-bond donors (Lipinski definition) is 2.